The van der Waals surface area contributed by atoms with Crippen LogP contribution in [0.4, 0.5) is 20.2 Å². The molecule has 1 aromatic carbocycles. The standard InChI is InChI=1S/C13H17F2N3O3/c14-9-7-11(15)13(18(19)20)12(8-9)17-5-6-21-10-1-3-16-4-2-10/h7-8,10,16-17H,1-6H2. The maximum absolute atomic E-state index is 13.4. The van der Waals surface area contributed by atoms with Gasteiger partial charge in [-0.1, -0.05) is 0 Å². The Morgan fingerprint density at radius 1 is 1.38 bits per heavy atom. The summed E-state index contributed by atoms with van der Waals surface area (Å²) in [6, 6.07) is 1.40. The van der Waals surface area contributed by atoms with Crippen LogP contribution in [-0.2, 0) is 4.74 Å². The van der Waals surface area contributed by atoms with E-state index in [0.717, 1.165) is 32.0 Å². The van der Waals surface area contributed by atoms with E-state index in [1.807, 2.05) is 0 Å². The SMILES string of the molecule is O=[N+]([O-])c1c(F)cc(F)cc1NCCOC1CCNCC1. The fourth-order valence-corrected chi connectivity index (χ4v) is 2.26. The molecule has 6 nitrogen and oxygen atoms in total. The van der Waals surface area contributed by atoms with Crippen molar-refractivity contribution in [3.05, 3.63) is 33.9 Å². The zero-order valence-electron chi connectivity index (χ0n) is 11.4. The van der Waals surface area contributed by atoms with Crippen molar-refractivity contribution in [1.82, 2.24) is 5.32 Å². The summed E-state index contributed by atoms with van der Waals surface area (Å²) in [7, 11) is 0. The second-order valence-electron chi connectivity index (χ2n) is 4.79. The number of hydrogen-bond donors (Lipinski definition) is 2. The number of nitro benzene ring substituents is 1. The molecule has 116 valence electrons. The van der Waals surface area contributed by atoms with Crippen LogP contribution < -0.4 is 10.6 Å². The van der Waals surface area contributed by atoms with E-state index >= 15 is 0 Å². The summed E-state index contributed by atoms with van der Waals surface area (Å²) < 4.78 is 32.1. The van der Waals surface area contributed by atoms with Crippen LogP contribution in [0.25, 0.3) is 0 Å². The molecule has 0 radical (unpaired) electrons. The van der Waals surface area contributed by atoms with Crippen molar-refractivity contribution in [2.75, 3.05) is 31.6 Å². The molecule has 0 atom stereocenters. The van der Waals surface area contributed by atoms with Gasteiger partial charge in [-0.05, 0) is 25.9 Å². The summed E-state index contributed by atoms with van der Waals surface area (Å²) in [4.78, 5) is 9.93. The number of benzene rings is 1. The van der Waals surface area contributed by atoms with Crippen molar-refractivity contribution in [2.45, 2.75) is 18.9 Å². The minimum atomic E-state index is -1.19. The van der Waals surface area contributed by atoms with E-state index in [2.05, 4.69) is 10.6 Å². The first-order valence-corrected chi connectivity index (χ1v) is 6.77. The van der Waals surface area contributed by atoms with Gasteiger partial charge in [-0.15, -0.1) is 0 Å². The molecule has 1 heterocycles. The van der Waals surface area contributed by atoms with E-state index in [1.165, 1.54) is 0 Å². The van der Waals surface area contributed by atoms with Crippen molar-refractivity contribution in [3.8, 4) is 0 Å². The van der Waals surface area contributed by atoms with E-state index in [4.69, 9.17) is 4.74 Å². The summed E-state index contributed by atoms with van der Waals surface area (Å²) in [5.41, 5.74) is -0.926. The van der Waals surface area contributed by atoms with Crippen LogP contribution in [0.2, 0.25) is 0 Å². The molecule has 1 aromatic rings. The normalized spacial score (nSPS) is 15.9. The maximum Gasteiger partial charge on any atom is 0.327 e. The molecule has 0 unspecified atom stereocenters. The van der Waals surface area contributed by atoms with Gasteiger partial charge < -0.3 is 15.4 Å². The van der Waals surface area contributed by atoms with Crippen molar-refractivity contribution in [1.29, 1.82) is 0 Å². The van der Waals surface area contributed by atoms with Crippen LogP contribution in [0.15, 0.2) is 12.1 Å². The molecule has 2 N–H and O–H groups in total. The summed E-state index contributed by atoms with van der Waals surface area (Å²) in [6.45, 7) is 2.37. The van der Waals surface area contributed by atoms with Crippen LogP contribution in [0.1, 0.15) is 12.8 Å². The lowest BCUT2D eigenvalue weighted by molar-refractivity contribution is -0.386. The predicted molar refractivity (Wildman–Crippen MR) is 73.3 cm³/mol. The minimum Gasteiger partial charge on any atom is -0.377 e. The van der Waals surface area contributed by atoms with E-state index in [9.17, 15) is 18.9 Å². The van der Waals surface area contributed by atoms with Crippen molar-refractivity contribution >= 4 is 11.4 Å². The molecule has 1 fully saturated rings. The van der Waals surface area contributed by atoms with Crippen LogP contribution >= 0.6 is 0 Å². The summed E-state index contributed by atoms with van der Waals surface area (Å²) in [6.07, 6.45) is 1.98. The van der Waals surface area contributed by atoms with E-state index in [-0.39, 0.29) is 18.3 Å². The third kappa shape index (κ3) is 4.33. The number of rotatable bonds is 6. The lowest BCUT2D eigenvalue weighted by Crippen LogP contribution is -2.33. The van der Waals surface area contributed by atoms with Gasteiger partial charge in [0.1, 0.15) is 11.5 Å². The Balaban J connectivity index is 1.88. The molecule has 0 aromatic heterocycles. The zero-order valence-corrected chi connectivity index (χ0v) is 11.4. The molecule has 0 bridgehead atoms. The number of nitrogens with one attached hydrogen (secondary N) is 2. The molecule has 8 heteroatoms. The fourth-order valence-electron chi connectivity index (χ4n) is 2.26. The number of nitro groups is 1. The molecular formula is C13H17F2N3O3. The third-order valence-electron chi connectivity index (χ3n) is 3.27. The first kappa shape index (κ1) is 15.6. The highest BCUT2D eigenvalue weighted by atomic mass is 19.1. The molecule has 1 aliphatic rings. The van der Waals surface area contributed by atoms with Gasteiger partial charge in [-0.25, -0.2) is 4.39 Å². The highest BCUT2D eigenvalue weighted by Gasteiger charge is 2.21. The van der Waals surface area contributed by atoms with Crippen molar-refractivity contribution < 1.29 is 18.4 Å². The largest absolute Gasteiger partial charge is 0.377 e. The van der Waals surface area contributed by atoms with E-state index in [0.29, 0.717) is 12.7 Å². The van der Waals surface area contributed by atoms with Gasteiger partial charge in [0, 0.05) is 18.7 Å². The Labute approximate surface area is 120 Å². The lowest BCUT2D eigenvalue weighted by atomic mass is 10.1. The number of ether oxygens (including phenoxy) is 1. The number of hydrogen-bond acceptors (Lipinski definition) is 5. The number of piperidine rings is 1. The lowest BCUT2D eigenvalue weighted by Gasteiger charge is -2.23. The quantitative estimate of drug-likeness (QED) is 0.478. The average Bonchev–Trinajstić information content (AvgIpc) is 2.43. The Morgan fingerprint density at radius 3 is 2.76 bits per heavy atom. The van der Waals surface area contributed by atoms with Gasteiger partial charge in [0.15, 0.2) is 0 Å². The molecule has 0 aliphatic carbocycles. The molecule has 1 saturated heterocycles. The van der Waals surface area contributed by atoms with Gasteiger partial charge in [0.25, 0.3) is 0 Å². The summed E-state index contributed by atoms with van der Waals surface area (Å²) in [5.74, 6) is -2.05. The summed E-state index contributed by atoms with van der Waals surface area (Å²) >= 11 is 0. The Morgan fingerprint density at radius 2 is 2.10 bits per heavy atom. The van der Waals surface area contributed by atoms with E-state index < -0.39 is 22.2 Å². The van der Waals surface area contributed by atoms with Crippen LogP contribution in [0.3, 0.4) is 0 Å². The first-order valence-electron chi connectivity index (χ1n) is 6.77. The first-order chi connectivity index (χ1) is 10.1. The Bertz CT molecular complexity index is 508. The summed E-state index contributed by atoms with van der Waals surface area (Å²) in [5, 5.41) is 16.7. The molecular weight excluding hydrogens is 284 g/mol. The van der Waals surface area contributed by atoms with Gasteiger partial charge >= 0.3 is 5.69 Å². The van der Waals surface area contributed by atoms with Crippen LogP contribution in [-0.4, -0.2) is 37.3 Å². The minimum absolute atomic E-state index is 0.160. The topological polar surface area (TPSA) is 76.4 Å². The van der Waals surface area contributed by atoms with E-state index in [1.54, 1.807) is 0 Å². The van der Waals surface area contributed by atoms with Gasteiger partial charge in [-0.2, -0.15) is 4.39 Å². The molecule has 21 heavy (non-hydrogen) atoms. The molecule has 0 amide bonds. The highest BCUT2D eigenvalue weighted by molar-refractivity contribution is 5.62. The van der Waals surface area contributed by atoms with Crippen LogP contribution in [0, 0.1) is 21.7 Å². The number of halogens is 2. The highest BCUT2D eigenvalue weighted by Crippen LogP contribution is 2.28. The van der Waals surface area contributed by atoms with Gasteiger partial charge in [-0.3, -0.25) is 10.1 Å². The van der Waals surface area contributed by atoms with Gasteiger partial charge in [0.05, 0.1) is 17.6 Å². The number of anilines is 1. The Kier molecular flexibility index (Phi) is 5.40. The Hall–Kier alpha value is -1.80. The average molecular weight is 301 g/mol. The number of nitrogens with zero attached hydrogens (tertiary/aromatic N) is 1. The fraction of sp³-hybridized carbons (Fsp3) is 0.538. The molecule has 1 aliphatic heterocycles. The smallest absolute Gasteiger partial charge is 0.327 e. The molecule has 2 rings (SSSR count). The van der Waals surface area contributed by atoms with Crippen LogP contribution in [0.5, 0.6) is 0 Å². The van der Waals surface area contributed by atoms with Crippen molar-refractivity contribution in [3.63, 3.8) is 0 Å². The molecule has 0 saturated carbocycles. The third-order valence-corrected chi connectivity index (χ3v) is 3.27. The monoisotopic (exact) mass is 301 g/mol. The second kappa shape index (κ2) is 7.28. The van der Waals surface area contributed by atoms with Gasteiger partial charge in [0.2, 0.25) is 5.82 Å². The maximum atomic E-state index is 13.4. The predicted octanol–water partition coefficient (Wildman–Crippen LogP) is 2.05. The second-order valence-corrected chi connectivity index (χ2v) is 4.79. The zero-order chi connectivity index (χ0) is 15.2. The van der Waals surface area contributed by atoms with Crippen molar-refractivity contribution in [2.24, 2.45) is 0 Å². The molecule has 0 spiro atoms.